The lowest BCUT2D eigenvalue weighted by molar-refractivity contribution is -0.284. The minimum atomic E-state index is -4.83. The lowest BCUT2D eigenvalue weighted by Crippen LogP contribution is -2.64. The van der Waals surface area contributed by atoms with Gasteiger partial charge in [0.05, 0.1) is 26.3 Å². The highest BCUT2D eigenvalue weighted by molar-refractivity contribution is 7.91. The number of carbonyl (C=O) groups excluding carboxylic acids is 2. The molecule has 2 aliphatic rings. The molecule has 31 heavy (non-hydrogen) atoms. The molecule has 2 fully saturated rings. The van der Waals surface area contributed by atoms with Crippen LogP contribution in [-0.2, 0) is 24.1 Å². The van der Waals surface area contributed by atoms with E-state index in [1.807, 2.05) is 0 Å². The first-order chi connectivity index (χ1) is 14.4. The van der Waals surface area contributed by atoms with Crippen LogP contribution in [0.25, 0.3) is 0 Å². The van der Waals surface area contributed by atoms with Crippen LogP contribution in [0.1, 0.15) is 10.4 Å². The largest absolute Gasteiger partial charge is 0.573 e. The maximum atomic E-state index is 12.8. The van der Waals surface area contributed by atoms with Gasteiger partial charge in [-0.2, -0.15) is 0 Å². The van der Waals surface area contributed by atoms with Crippen molar-refractivity contribution in [1.82, 2.24) is 9.80 Å². The number of amides is 2. The number of ether oxygens (including phenoxy) is 3. The number of halogens is 3. The molecule has 1 aromatic carbocycles. The van der Waals surface area contributed by atoms with E-state index in [2.05, 4.69) is 4.74 Å². The summed E-state index contributed by atoms with van der Waals surface area (Å²) in [4.78, 5) is 27.8. The molecule has 1 unspecified atom stereocenters. The Kier molecular flexibility index (Phi) is 6.48. The summed E-state index contributed by atoms with van der Waals surface area (Å²) in [6.45, 7) is 0.519. The van der Waals surface area contributed by atoms with Gasteiger partial charge < -0.3 is 24.0 Å². The minimum Gasteiger partial charge on any atom is -0.406 e. The van der Waals surface area contributed by atoms with Crippen molar-refractivity contribution in [2.24, 2.45) is 0 Å². The van der Waals surface area contributed by atoms with Crippen LogP contribution in [0.2, 0.25) is 0 Å². The third-order valence-corrected chi connectivity index (χ3v) is 5.45. The summed E-state index contributed by atoms with van der Waals surface area (Å²) in [7, 11) is -3.51. The smallest absolute Gasteiger partial charge is 0.406 e. The van der Waals surface area contributed by atoms with E-state index in [1.165, 1.54) is 21.9 Å². The van der Waals surface area contributed by atoms with Gasteiger partial charge in [0.25, 0.3) is 5.91 Å². The van der Waals surface area contributed by atoms with Crippen LogP contribution in [0, 0.1) is 0 Å². The van der Waals surface area contributed by atoms with Crippen LogP contribution in [0.5, 0.6) is 5.75 Å². The molecule has 0 N–H and O–H groups in total. The highest BCUT2D eigenvalue weighted by Crippen LogP contribution is 2.27. The number of hydrogen-bond acceptors (Lipinski definition) is 7. The van der Waals surface area contributed by atoms with E-state index >= 15 is 0 Å². The number of morpholine rings is 2. The van der Waals surface area contributed by atoms with Crippen molar-refractivity contribution < 1.29 is 45.4 Å². The molecule has 13 heteroatoms. The average molecular weight is 466 g/mol. The lowest BCUT2D eigenvalue weighted by Gasteiger charge is -2.47. The van der Waals surface area contributed by atoms with Gasteiger partial charge in [0.2, 0.25) is 11.7 Å². The Bertz CT molecular complexity index is 932. The number of nitrogens with zero attached hydrogens (tertiary/aromatic N) is 2. The maximum Gasteiger partial charge on any atom is 0.573 e. The summed E-state index contributed by atoms with van der Waals surface area (Å²) in [6, 6.07) is 4.52. The van der Waals surface area contributed by atoms with Crippen molar-refractivity contribution in [2.45, 2.75) is 12.1 Å². The molecule has 9 nitrogen and oxygen atoms in total. The molecular formula is C18H21F3N2O7S. The zero-order valence-electron chi connectivity index (χ0n) is 16.6. The van der Waals surface area contributed by atoms with Crippen molar-refractivity contribution >= 4 is 21.7 Å². The first-order valence-corrected chi connectivity index (χ1v) is 11.3. The number of sulfone groups is 1. The number of carbonyl (C=O) groups is 2. The molecule has 0 radical (unpaired) electrons. The Balaban J connectivity index is 1.68. The van der Waals surface area contributed by atoms with Crippen molar-refractivity contribution in [3.05, 3.63) is 29.8 Å². The highest BCUT2D eigenvalue weighted by atomic mass is 32.2. The fraction of sp³-hybridized carbons (Fsp3) is 0.556. The third kappa shape index (κ3) is 6.31. The number of rotatable bonds is 4. The number of benzene rings is 1. The zero-order chi connectivity index (χ0) is 22.9. The topological polar surface area (TPSA) is 102 Å². The van der Waals surface area contributed by atoms with Gasteiger partial charge in [-0.25, -0.2) is 8.42 Å². The molecule has 2 aliphatic heterocycles. The average Bonchev–Trinajstić information content (AvgIpc) is 2.65. The van der Waals surface area contributed by atoms with Gasteiger partial charge in [-0.15, -0.1) is 13.2 Å². The molecule has 1 spiro atoms. The predicted molar refractivity (Wildman–Crippen MR) is 100.0 cm³/mol. The molecular weight excluding hydrogens is 445 g/mol. The van der Waals surface area contributed by atoms with Crippen molar-refractivity contribution in [2.75, 3.05) is 51.4 Å². The molecule has 172 valence electrons. The Morgan fingerprint density at radius 1 is 1.06 bits per heavy atom. The molecule has 2 saturated heterocycles. The molecule has 0 aliphatic carbocycles. The Morgan fingerprint density at radius 2 is 1.61 bits per heavy atom. The van der Waals surface area contributed by atoms with E-state index in [0.717, 1.165) is 18.4 Å². The lowest BCUT2D eigenvalue weighted by atomic mass is 10.1. The van der Waals surface area contributed by atoms with Gasteiger partial charge in [0.15, 0.2) is 9.84 Å². The predicted octanol–water partition coefficient (Wildman–Crippen LogP) is 0.657. The van der Waals surface area contributed by atoms with E-state index in [4.69, 9.17) is 9.47 Å². The molecule has 0 saturated carbocycles. The summed E-state index contributed by atoms with van der Waals surface area (Å²) in [5.41, 5.74) is 0.146. The molecule has 1 atom stereocenters. The molecule has 2 heterocycles. The maximum absolute atomic E-state index is 12.8. The van der Waals surface area contributed by atoms with Crippen LogP contribution < -0.4 is 4.74 Å². The molecule has 3 rings (SSSR count). The third-order valence-electron chi connectivity index (χ3n) is 4.68. The Hall–Kier alpha value is -2.38. The van der Waals surface area contributed by atoms with Gasteiger partial charge in [0.1, 0.15) is 11.5 Å². The second-order valence-electron chi connectivity index (χ2n) is 7.29. The van der Waals surface area contributed by atoms with E-state index in [1.54, 1.807) is 0 Å². The van der Waals surface area contributed by atoms with Gasteiger partial charge in [-0.3, -0.25) is 9.59 Å². The quantitative estimate of drug-likeness (QED) is 0.642. The summed E-state index contributed by atoms with van der Waals surface area (Å²) in [5, 5.41) is 0. The standard InChI is InChI=1S/C18H21F3N2O7S/c1-31(26,27)10-15(24)22-6-8-28-17(11-22)12-23(7-9-29-17)16(25)13-2-4-14(5-3-13)30-18(19,20)21/h2-5H,6-12H2,1H3. The van der Waals surface area contributed by atoms with Crippen molar-refractivity contribution in [1.29, 1.82) is 0 Å². The van der Waals surface area contributed by atoms with E-state index in [9.17, 15) is 31.2 Å². The minimum absolute atomic E-state index is 0.0324. The Morgan fingerprint density at radius 3 is 2.16 bits per heavy atom. The fourth-order valence-electron chi connectivity index (χ4n) is 3.38. The van der Waals surface area contributed by atoms with Gasteiger partial charge in [-0.05, 0) is 24.3 Å². The number of alkyl halides is 3. The van der Waals surface area contributed by atoms with Crippen LogP contribution in [0.3, 0.4) is 0 Å². The number of hydrogen-bond donors (Lipinski definition) is 0. The summed E-state index contributed by atoms with van der Waals surface area (Å²) in [6.07, 6.45) is -3.87. The normalized spacial score (nSPS) is 22.5. The molecule has 2 amide bonds. The van der Waals surface area contributed by atoms with E-state index < -0.39 is 45.3 Å². The van der Waals surface area contributed by atoms with E-state index in [-0.39, 0.29) is 45.0 Å². The van der Waals surface area contributed by atoms with E-state index in [0.29, 0.717) is 0 Å². The van der Waals surface area contributed by atoms with Crippen LogP contribution in [0.4, 0.5) is 13.2 Å². The second kappa shape index (κ2) is 8.63. The van der Waals surface area contributed by atoms with Gasteiger partial charge in [-0.1, -0.05) is 0 Å². The van der Waals surface area contributed by atoms with Crippen LogP contribution >= 0.6 is 0 Å². The SMILES string of the molecule is CS(=O)(=O)CC(=O)N1CCOC2(C1)CN(C(=O)c1ccc(OC(F)(F)F)cc1)CCO2. The van der Waals surface area contributed by atoms with Crippen LogP contribution in [0.15, 0.2) is 24.3 Å². The summed E-state index contributed by atoms with van der Waals surface area (Å²) >= 11 is 0. The van der Waals surface area contributed by atoms with Crippen LogP contribution in [-0.4, -0.2) is 93.6 Å². The Labute approximate surface area is 176 Å². The van der Waals surface area contributed by atoms with Crippen molar-refractivity contribution in [3.8, 4) is 5.75 Å². The summed E-state index contributed by atoms with van der Waals surface area (Å²) < 4.78 is 74.9. The first kappa shape index (κ1) is 23.3. The second-order valence-corrected chi connectivity index (χ2v) is 9.43. The summed E-state index contributed by atoms with van der Waals surface area (Å²) in [5.74, 6) is -3.43. The molecule has 0 bridgehead atoms. The first-order valence-electron chi connectivity index (χ1n) is 9.24. The molecule has 1 aromatic rings. The molecule has 0 aromatic heterocycles. The fourth-order valence-corrected chi connectivity index (χ4v) is 4.01. The zero-order valence-corrected chi connectivity index (χ0v) is 17.4. The monoisotopic (exact) mass is 466 g/mol. The van der Waals surface area contributed by atoms with Crippen molar-refractivity contribution in [3.63, 3.8) is 0 Å². The highest BCUT2D eigenvalue weighted by Gasteiger charge is 2.44. The van der Waals surface area contributed by atoms with Gasteiger partial charge in [0, 0.05) is 24.9 Å². The van der Waals surface area contributed by atoms with Gasteiger partial charge >= 0.3 is 6.36 Å².